The summed E-state index contributed by atoms with van der Waals surface area (Å²) < 4.78 is 4.54. The Morgan fingerprint density at radius 2 is 0.900 bits per heavy atom. The Morgan fingerprint density at radius 1 is 0.800 bits per heavy atom. The largest absolute Gasteiger partial charge is 0.385 e. The van der Waals surface area contributed by atoms with Crippen LogP contribution in [0.15, 0.2) is 0 Å². The van der Waals surface area contributed by atoms with Gasteiger partial charge in [0, 0.05) is 13.7 Å². The minimum absolute atomic E-state index is 0.819. The first-order chi connectivity index (χ1) is 4.74. The molecule has 10 heavy (non-hydrogen) atoms. The summed E-state index contributed by atoms with van der Waals surface area (Å²) in [5.74, 6) is 0. The molecule has 0 rings (SSSR count). The van der Waals surface area contributed by atoms with Gasteiger partial charge in [-0.3, -0.25) is 0 Å². The van der Waals surface area contributed by atoms with Gasteiger partial charge in [0.1, 0.15) is 0 Å². The van der Waals surface area contributed by atoms with Crippen molar-refractivity contribution in [3.05, 3.63) is 0 Å². The maximum atomic E-state index is 4.54. The third-order valence-electron chi connectivity index (χ3n) is 0.289. The van der Waals surface area contributed by atoms with Gasteiger partial charge >= 0.3 is 0 Å². The van der Waals surface area contributed by atoms with Crippen molar-refractivity contribution < 1.29 is 4.74 Å². The molecule has 1 heteroatoms. The Balaban J connectivity index is -0.0000000750. The molecule has 0 aliphatic heterocycles. The van der Waals surface area contributed by atoms with Crippen LogP contribution in [0.5, 0.6) is 0 Å². The molecule has 0 aliphatic rings. The van der Waals surface area contributed by atoms with E-state index in [-0.39, 0.29) is 0 Å². The third kappa shape index (κ3) is 418. The fraction of sp³-hybridized carbons (Fsp3) is 1.00. The van der Waals surface area contributed by atoms with Crippen LogP contribution in [0, 0.1) is 0 Å². The van der Waals surface area contributed by atoms with E-state index in [0.29, 0.717) is 0 Å². The molecule has 0 fully saturated rings. The van der Waals surface area contributed by atoms with Crippen LogP contribution in [0.3, 0.4) is 0 Å². The van der Waals surface area contributed by atoms with Crippen LogP contribution in [-0.4, -0.2) is 13.7 Å². The molecule has 66 valence electrons. The van der Waals surface area contributed by atoms with Crippen molar-refractivity contribution in [2.24, 2.45) is 0 Å². The zero-order valence-corrected chi connectivity index (χ0v) is 8.53. The summed E-state index contributed by atoms with van der Waals surface area (Å²) in [6.07, 6.45) is 2.50. The van der Waals surface area contributed by atoms with Gasteiger partial charge < -0.3 is 4.74 Å². The van der Waals surface area contributed by atoms with E-state index in [0.717, 1.165) is 6.61 Å². The van der Waals surface area contributed by atoms with E-state index in [1.54, 1.807) is 7.11 Å². The second kappa shape index (κ2) is 36.2. The minimum atomic E-state index is 0.819. The Bertz CT molecular complexity index is 16.7. The van der Waals surface area contributed by atoms with Crippen molar-refractivity contribution >= 4 is 0 Å². The van der Waals surface area contributed by atoms with E-state index in [2.05, 4.69) is 32.4 Å². The van der Waals surface area contributed by atoms with Gasteiger partial charge in [0.2, 0.25) is 0 Å². The van der Waals surface area contributed by atoms with Gasteiger partial charge in [-0.15, -0.1) is 0 Å². The van der Waals surface area contributed by atoms with Gasteiger partial charge in [-0.05, 0) is 6.92 Å². The maximum Gasteiger partial charge on any atom is 0.0433 e. The van der Waals surface area contributed by atoms with Gasteiger partial charge in [-0.1, -0.05) is 40.5 Å². The normalized spacial score (nSPS) is 6.60. The molecular weight excluding hydrogens is 124 g/mol. The molecule has 0 spiro atoms. The molecule has 0 heterocycles. The lowest BCUT2D eigenvalue weighted by molar-refractivity contribution is 0.215. The quantitative estimate of drug-likeness (QED) is 0.553. The molecule has 0 radical (unpaired) electrons. The van der Waals surface area contributed by atoms with Crippen molar-refractivity contribution in [2.75, 3.05) is 13.7 Å². The van der Waals surface area contributed by atoms with Gasteiger partial charge in [0.25, 0.3) is 0 Å². The summed E-state index contributed by atoms with van der Waals surface area (Å²) in [6.45, 7) is 11.3. The summed E-state index contributed by atoms with van der Waals surface area (Å²) >= 11 is 0. The first-order valence-corrected chi connectivity index (χ1v) is 4.23. The fourth-order valence-electron chi connectivity index (χ4n) is 0. The average molecular weight is 148 g/mol. The van der Waals surface area contributed by atoms with Gasteiger partial charge in [-0.2, -0.15) is 0 Å². The molecule has 0 bridgehead atoms. The molecule has 0 unspecified atom stereocenters. The van der Waals surface area contributed by atoms with Crippen LogP contribution in [0.4, 0.5) is 0 Å². The molecule has 1 nitrogen and oxygen atoms in total. The van der Waals surface area contributed by atoms with Crippen LogP contribution >= 0.6 is 0 Å². The standard InChI is InChI=1S/C3H8O.2C3H8/c1-3-4-2;2*1-3-2/h3H2,1-2H3;2*3H2,1-2H3. The van der Waals surface area contributed by atoms with Crippen LogP contribution in [0.25, 0.3) is 0 Å². The zero-order valence-electron chi connectivity index (χ0n) is 8.53. The molecule has 0 saturated heterocycles. The zero-order chi connectivity index (χ0) is 8.83. The summed E-state index contributed by atoms with van der Waals surface area (Å²) in [5, 5.41) is 0. The highest BCUT2D eigenvalue weighted by Gasteiger charge is 1.51. The lowest BCUT2D eigenvalue weighted by Crippen LogP contribution is -1.73. The van der Waals surface area contributed by atoms with Crippen molar-refractivity contribution in [3.63, 3.8) is 0 Å². The highest BCUT2D eigenvalue weighted by atomic mass is 16.5. The SMILES string of the molecule is CCC.CCC.CCOC. The Hall–Kier alpha value is -0.0400. The number of hydrogen-bond acceptors (Lipinski definition) is 1. The Morgan fingerprint density at radius 3 is 0.900 bits per heavy atom. The van der Waals surface area contributed by atoms with Gasteiger partial charge in [0.05, 0.1) is 0 Å². The van der Waals surface area contributed by atoms with Crippen LogP contribution in [0.2, 0.25) is 0 Å². The third-order valence-corrected chi connectivity index (χ3v) is 0.289. The van der Waals surface area contributed by atoms with E-state index in [1.807, 2.05) is 6.92 Å². The van der Waals surface area contributed by atoms with Crippen molar-refractivity contribution in [1.82, 2.24) is 0 Å². The Labute approximate surface area is 66.8 Å². The highest BCUT2D eigenvalue weighted by molar-refractivity contribution is 3.94. The molecule has 0 amide bonds. The molecule has 0 N–H and O–H groups in total. The lowest BCUT2D eigenvalue weighted by Gasteiger charge is -1.76. The van der Waals surface area contributed by atoms with E-state index in [1.165, 1.54) is 12.8 Å². The molecule has 0 atom stereocenters. The lowest BCUT2D eigenvalue weighted by atomic mass is 10.6. The Kier molecular flexibility index (Phi) is 59.8. The molecular formula is C9H24O. The summed E-state index contributed by atoms with van der Waals surface area (Å²) in [5.41, 5.74) is 0. The van der Waals surface area contributed by atoms with E-state index >= 15 is 0 Å². The topological polar surface area (TPSA) is 9.23 Å². The number of rotatable bonds is 1. The number of ether oxygens (including phenoxy) is 1. The van der Waals surface area contributed by atoms with Crippen LogP contribution < -0.4 is 0 Å². The smallest absolute Gasteiger partial charge is 0.0433 e. The van der Waals surface area contributed by atoms with Crippen molar-refractivity contribution in [3.8, 4) is 0 Å². The molecule has 0 saturated carbocycles. The molecule has 0 aliphatic carbocycles. The van der Waals surface area contributed by atoms with E-state index < -0.39 is 0 Å². The maximum absolute atomic E-state index is 4.54. The van der Waals surface area contributed by atoms with Crippen LogP contribution in [0.1, 0.15) is 47.5 Å². The second-order valence-corrected chi connectivity index (χ2v) is 1.99. The first-order valence-electron chi connectivity index (χ1n) is 4.23. The summed E-state index contributed by atoms with van der Waals surface area (Å²) in [7, 11) is 1.68. The number of hydrogen-bond donors (Lipinski definition) is 0. The monoisotopic (exact) mass is 148 g/mol. The van der Waals surface area contributed by atoms with E-state index in [9.17, 15) is 0 Å². The molecule has 0 aromatic heterocycles. The van der Waals surface area contributed by atoms with Crippen molar-refractivity contribution in [1.29, 1.82) is 0 Å². The first kappa shape index (κ1) is 16.5. The average Bonchev–Trinajstić information content (AvgIpc) is 1.91. The fourth-order valence-corrected chi connectivity index (χ4v) is 0. The van der Waals surface area contributed by atoms with E-state index in [4.69, 9.17) is 0 Å². The minimum Gasteiger partial charge on any atom is -0.385 e. The highest BCUT2D eigenvalue weighted by Crippen LogP contribution is 1.56. The predicted molar refractivity (Wildman–Crippen MR) is 49.5 cm³/mol. The number of methoxy groups -OCH3 is 1. The summed E-state index contributed by atoms with van der Waals surface area (Å²) in [4.78, 5) is 0. The van der Waals surface area contributed by atoms with Crippen molar-refractivity contribution in [2.45, 2.75) is 47.5 Å². The van der Waals surface area contributed by atoms with Gasteiger partial charge in [-0.25, -0.2) is 0 Å². The molecule has 0 aromatic carbocycles. The predicted octanol–water partition coefficient (Wildman–Crippen LogP) is 3.49. The summed E-state index contributed by atoms with van der Waals surface area (Å²) in [6, 6.07) is 0. The van der Waals surface area contributed by atoms with Crippen LogP contribution in [-0.2, 0) is 4.74 Å². The second-order valence-electron chi connectivity index (χ2n) is 1.99. The molecule has 0 aromatic rings. The van der Waals surface area contributed by atoms with Gasteiger partial charge in [0.15, 0.2) is 0 Å².